The second-order valence-corrected chi connectivity index (χ2v) is 12.8. The largest absolute Gasteiger partial charge is 0.477 e. The van der Waals surface area contributed by atoms with Gasteiger partial charge in [0, 0.05) is 16.8 Å². The van der Waals surface area contributed by atoms with Gasteiger partial charge in [0.1, 0.15) is 4.88 Å². The molecule has 0 atom stereocenters. The van der Waals surface area contributed by atoms with Crippen LogP contribution in [0.5, 0.6) is 0 Å². The van der Waals surface area contributed by atoms with Crippen LogP contribution in [0.25, 0.3) is 0 Å². The Balaban J connectivity index is 1.66. The molecule has 1 amide bonds. The molecular formula is C27H41NO4S. The second kappa shape index (κ2) is 10.1. The molecule has 0 bridgehead atoms. The Kier molecular flexibility index (Phi) is 7.54. The molecule has 0 spiro atoms. The second-order valence-electron chi connectivity index (χ2n) is 11.7. The standard InChI is InChI=1S/C27H41NO4S/c1-17-4-6-19(7-5-17)25(30)28(20-8-10-21(29)11-9-20)22-16-23(33-24(22)26(31)32)18-12-14-27(2,3)15-13-18/h16-21,29H,4-15H2,1-3H3,(H,31,32)/t17-,19-,20-,21-. The third-order valence-corrected chi connectivity index (χ3v) is 9.84. The van der Waals surface area contributed by atoms with E-state index in [1.165, 1.54) is 11.3 Å². The summed E-state index contributed by atoms with van der Waals surface area (Å²) in [6.45, 7) is 6.88. The number of rotatable bonds is 5. The summed E-state index contributed by atoms with van der Waals surface area (Å²) in [7, 11) is 0. The Morgan fingerprint density at radius 1 is 0.970 bits per heavy atom. The number of carbonyl (C=O) groups excluding carboxylic acids is 1. The van der Waals surface area contributed by atoms with Crippen LogP contribution in [0.15, 0.2) is 6.07 Å². The molecule has 0 aliphatic heterocycles. The van der Waals surface area contributed by atoms with Crippen molar-refractivity contribution in [2.45, 2.75) is 116 Å². The van der Waals surface area contributed by atoms with Crippen molar-refractivity contribution in [2.24, 2.45) is 17.3 Å². The lowest BCUT2D eigenvalue weighted by Gasteiger charge is -2.39. The smallest absolute Gasteiger partial charge is 0.348 e. The maximum absolute atomic E-state index is 13.9. The highest BCUT2D eigenvalue weighted by Crippen LogP contribution is 2.47. The highest BCUT2D eigenvalue weighted by atomic mass is 32.1. The van der Waals surface area contributed by atoms with Gasteiger partial charge in [-0.25, -0.2) is 4.79 Å². The normalized spacial score (nSPS) is 30.7. The summed E-state index contributed by atoms with van der Waals surface area (Å²) < 4.78 is 0. The van der Waals surface area contributed by atoms with Crippen LogP contribution in [-0.4, -0.2) is 34.2 Å². The lowest BCUT2D eigenvalue weighted by molar-refractivity contribution is -0.124. The van der Waals surface area contributed by atoms with Crippen molar-refractivity contribution in [3.05, 3.63) is 15.8 Å². The molecule has 3 fully saturated rings. The molecule has 1 aromatic heterocycles. The summed E-state index contributed by atoms with van der Waals surface area (Å²) in [5.41, 5.74) is 0.979. The van der Waals surface area contributed by atoms with Crippen molar-refractivity contribution in [3.8, 4) is 0 Å². The predicted octanol–water partition coefficient (Wildman–Crippen LogP) is 6.59. The number of anilines is 1. The van der Waals surface area contributed by atoms with Crippen LogP contribution in [0.2, 0.25) is 0 Å². The molecule has 2 N–H and O–H groups in total. The zero-order valence-corrected chi connectivity index (χ0v) is 21.3. The van der Waals surface area contributed by atoms with Gasteiger partial charge < -0.3 is 15.1 Å². The molecular weight excluding hydrogens is 434 g/mol. The maximum atomic E-state index is 13.9. The fourth-order valence-electron chi connectivity index (χ4n) is 6.13. The Morgan fingerprint density at radius 2 is 1.58 bits per heavy atom. The van der Waals surface area contributed by atoms with E-state index in [4.69, 9.17) is 0 Å². The Labute approximate surface area is 202 Å². The van der Waals surface area contributed by atoms with E-state index in [1.807, 2.05) is 11.0 Å². The minimum absolute atomic E-state index is 0.0199. The van der Waals surface area contributed by atoms with Gasteiger partial charge in [-0.3, -0.25) is 4.79 Å². The van der Waals surface area contributed by atoms with E-state index in [1.54, 1.807) is 0 Å². The van der Waals surface area contributed by atoms with Crippen LogP contribution in [0, 0.1) is 17.3 Å². The first-order valence-electron chi connectivity index (χ1n) is 13.0. The SMILES string of the molecule is CC1(C)CCC(c2cc(N(C(=O)[C@H]3CC[C@H](C)CC3)[C@H]3CC[C@H](O)CC3)c(C(=O)O)s2)CC1. The van der Waals surface area contributed by atoms with Gasteiger partial charge >= 0.3 is 5.97 Å². The molecule has 1 heterocycles. The molecule has 3 aliphatic carbocycles. The number of hydrogen-bond donors (Lipinski definition) is 2. The fraction of sp³-hybridized carbons (Fsp3) is 0.778. The van der Waals surface area contributed by atoms with E-state index in [-0.39, 0.29) is 24.0 Å². The van der Waals surface area contributed by atoms with Gasteiger partial charge in [0.2, 0.25) is 5.91 Å². The van der Waals surface area contributed by atoms with Crippen molar-refractivity contribution in [1.29, 1.82) is 0 Å². The maximum Gasteiger partial charge on any atom is 0.348 e. The zero-order valence-electron chi connectivity index (χ0n) is 20.5. The van der Waals surface area contributed by atoms with Crippen LogP contribution < -0.4 is 4.90 Å². The molecule has 0 aromatic carbocycles. The molecule has 6 heteroatoms. The van der Waals surface area contributed by atoms with E-state index in [0.717, 1.165) is 69.1 Å². The average Bonchev–Trinajstić information content (AvgIpc) is 3.21. The van der Waals surface area contributed by atoms with E-state index in [9.17, 15) is 19.8 Å². The quantitative estimate of drug-likeness (QED) is 0.503. The third-order valence-electron chi connectivity index (χ3n) is 8.56. The number of amides is 1. The summed E-state index contributed by atoms with van der Waals surface area (Å²) in [6, 6.07) is 2.02. The number of thiophene rings is 1. The predicted molar refractivity (Wildman–Crippen MR) is 133 cm³/mol. The van der Waals surface area contributed by atoms with E-state index in [2.05, 4.69) is 20.8 Å². The number of aromatic carboxylic acids is 1. The number of carboxylic acid groups (broad SMARTS) is 1. The monoisotopic (exact) mass is 475 g/mol. The number of aliphatic hydroxyl groups is 1. The van der Waals surface area contributed by atoms with Gasteiger partial charge in [-0.1, -0.05) is 20.8 Å². The number of carboxylic acids is 1. The Bertz CT molecular complexity index is 836. The third kappa shape index (κ3) is 5.64. The molecule has 33 heavy (non-hydrogen) atoms. The van der Waals surface area contributed by atoms with Gasteiger partial charge in [-0.15, -0.1) is 11.3 Å². The van der Waals surface area contributed by atoms with Gasteiger partial charge in [-0.2, -0.15) is 0 Å². The van der Waals surface area contributed by atoms with E-state index < -0.39 is 5.97 Å². The van der Waals surface area contributed by atoms with Crippen LogP contribution in [0.1, 0.15) is 118 Å². The van der Waals surface area contributed by atoms with Crippen molar-refractivity contribution in [2.75, 3.05) is 4.90 Å². The minimum atomic E-state index is -0.928. The van der Waals surface area contributed by atoms with Crippen molar-refractivity contribution < 1.29 is 19.8 Å². The van der Waals surface area contributed by atoms with Gasteiger partial charge in [0.05, 0.1) is 11.8 Å². The number of nitrogens with zero attached hydrogens (tertiary/aromatic N) is 1. The molecule has 3 aliphatic rings. The van der Waals surface area contributed by atoms with Gasteiger partial charge in [0.15, 0.2) is 0 Å². The zero-order chi connectivity index (χ0) is 23.8. The Morgan fingerprint density at radius 3 is 2.15 bits per heavy atom. The summed E-state index contributed by atoms with van der Waals surface area (Å²) in [6.07, 6.45) is 10.9. The summed E-state index contributed by atoms with van der Waals surface area (Å²) in [4.78, 5) is 29.6. The highest BCUT2D eigenvalue weighted by Gasteiger charge is 2.38. The Hall–Kier alpha value is -1.40. The van der Waals surface area contributed by atoms with E-state index in [0.29, 0.717) is 40.7 Å². The fourth-order valence-corrected chi connectivity index (χ4v) is 7.29. The first kappa shape index (κ1) is 24.7. The molecule has 5 nitrogen and oxygen atoms in total. The first-order valence-corrected chi connectivity index (χ1v) is 13.8. The molecule has 3 saturated carbocycles. The van der Waals surface area contributed by atoms with Gasteiger partial charge in [-0.05, 0) is 100 Å². The summed E-state index contributed by atoms with van der Waals surface area (Å²) in [5.74, 6) is 0.206. The van der Waals surface area contributed by atoms with E-state index >= 15 is 0 Å². The molecule has 184 valence electrons. The lowest BCUT2D eigenvalue weighted by atomic mass is 9.73. The van der Waals surface area contributed by atoms with Crippen LogP contribution >= 0.6 is 11.3 Å². The average molecular weight is 476 g/mol. The minimum Gasteiger partial charge on any atom is -0.477 e. The number of aliphatic hydroxyl groups excluding tert-OH is 1. The summed E-state index contributed by atoms with van der Waals surface area (Å²) in [5, 5.41) is 20.2. The molecule has 1 aromatic rings. The van der Waals surface area contributed by atoms with Crippen LogP contribution in [-0.2, 0) is 4.79 Å². The number of hydrogen-bond acceptors (Lipinski definition) is 4. The first-order chi connectivity index (χ1) is 15.6. The van der Waals surface area contributed by atoms with Gasteiger partial charge in [0.25, 0.3) is 0 Å². The molecule has 0 unspecified atom stereocenters. The van der Waals surface area contributed by atoms with Crippen LogP contribution in [0.3, 0.4) is 0 Å². The van der Waals surface area contributed by atoms with Crippen LogP contribution in [0.4, 0.5) is 5.69 Å². The molecule has 0 saturated heterocycles. The topological polar surface area (TPSA) is 77.8 Å². The summed E-state index contributed by atoms with van der Waals surface area (Å²) >= 11 is 1.39. The van der Waals surface area contributed by atoms with Crippen molar-refractivity contribution in [3.63, 3.8) is 0 Å². The van der Waals surface area contributed by atoms with Crippen molar-refractivity contribution >= 4 is 28.9 Å². The molecule has 4 rings (SSSR count). The van der Waals surface area contributed by atoms with Crippen molar-refractivity contribution in [1.82, 2.24) is 0 Å². The molecule has 0 radical (unpaired) electrons. The lowest BCUT2D eigenvalue weighted by Crippen LogP contribution is -2.47. The highest BCUT2D eigenvalue weighted by molar-refractivity contribution is 7.14. The number of carbonyl (C=O) groups is 2.